The predicted octanol–water partition coefficient (Wildman–Crippen LogP) is 1.64. The molecule has 6 nitrogen and oxygen atoms in total. The van der Waals surface area contributed by atoms with Crippen LogP contribution >= 0.6 is 0 Å². The van der Waals surface area contributed by atoms with Crippen molar-refractivity contribution in [3.8, 4) is 0 Å². The minimum absolute atomic E-state index is 0.836. The number of hydrogen-bond acceptors (Lipinski definition) is 6. The Hall–Kier alpha value is -2.18. The summed E-state index contributed by atoms with van der Waals surface area (Å²) in [5.41, 5.74) is 2.68. The molecule has 2 aliphatic rings. The number of piperazine rings is 1. The number of rotatable bonds is 4. The quantitative estimate of drug-likeness (QED) is 0.844. The summed E-state index contributed by atoms with van der Waals surface area (Å²) >= 11 is 0. The first kappa shape index (κ1) is 16.3. The van der Waals surface area contributed by atoms with Gasteiger partial charge in [0.05, 0.1) is 13.2 Å². The zero-order valence-electron chi connectivity index (χ0n) is 14.5. The molecule has 0 spiro atoms. The van der Waals surface area contributed by atoms with Gasteiger partial charge in [-0.3, -0.25) is 4.90 Å². The molecule has 0 bridgehead atoms. The van der Waals surface area contributed by atoms with E-state index in [1.165, 1.54) is 11.3 Å². The number of ether oxygens (including phenoxy) is 1. The summed E-state index contributed by atoms with van der Waals surface area (Å²) in [5, 5.41) is 0. The molecule has 132 valence electrons. The van der Waals surface area contributed by atoms with Crippen LogP contribution in [0.1, 0.15) is 5.56 Å². The van der Waals surface area contributed by atoms with Gasteiger partial charge in [0, 0.05) is 63.9 Å². The maximum absolute atomic E-state index is 5.42. The molecular formula is C19H25N5O. The first-order valence-electron chi connectivity index (χ1n) is 9.04. The van der Waals surface area contributed by atoms with Crippen molar-refractivity contribution in [3.05, 3.63) is 48.3 Å². The number of anilines is 2. The van der Waals surface area contributed by atoms with Gasteiger partial charge in [-0.2, -0.15) is 0 Å². The Kier molecular flexibility index (Phi) is 5.09. The summed E-state index contributed by atoms with van der Waals surface area (Å²) in [6.45, 7) is 8.71. The van der Waals surface area contributed by atoms with Gasteiger partial charge in [-0.05, 0) is 23.8 Å². The van der Waals surface area contributed by atoms with Crippen molar-refractivity contribution in [1.29, 1.82) is 0 Å². The Morgan fingerprint density at radius 2 is 1.44 bits per heavy atom. The molecule has 0 N–H and O–H groups in total. The van der Waals surface area contributed by atoms with Crippen LogP contribution in [0.25, 0.3) is 0 Å². The minimum Gasteiger partial charge on any atom is -0.379 e. The van der Waals surface area contributed by atoms with E-state index in [4.69, 9.17) is 4.74 Å². The maximum Gasteiger partial charge on any atom is 0.225 e. The van der Waals surface area contributed by atoms with Gasteiger partial charge in [0.1, 0.15) is 0 Å². The SMILES string of the molecule is c1cnc(N2CCN(c3ccc(CN4CCOCC4)cc3)CC2)nc1. The Morgan fingerprint density at radius 1 is 0.800 bits per heavy atom. The Balaban J connectivity index is 1.32. The second-order valence-electron chi connectivity index (χ2n) is 6.58. The molecular weight excluding hydrogens is 314 g/mol. The zero-order valence-corrected chi connectivity index (χ0v) is 14.5. The number of hydrogen-bond donors (Lipinski definition) is 0. The van der Waals surface area contributed by atoms with Crippen molar-refractivity contribution >= 4 is 11.6 Å². The highest BCUT2D eigenvalue weighted by atomic mass is 16.5. The first-order chi connectivity index (χ1) is 12.4. The fraction of sp³-hybridized carbons (Fsp3) is 0.474. The highest BCUT2D eigenvalue weighted by Gasteiger charge is 2.19. The fourth-order valence-electron chi connectivity index (χ4n) is 3.45. The Bertz CT molecular complexity index is 649. The summed E-state index contributed by atoms with van der Waals surface area (Å²) in [6.07, 6.45) is 3.61. The van der Waals surface area contributed by atoms with E-state index in [-0.39, 0.29) is 0 Å². The highest BCUT2D eigenvalue weighted by molar-refractivity contribution is 5.49. The molecule has 4 rings (SSSR count). The van der Waals surface area contributed by atoms with E-state index in [0.717, 1.165) is 65.0 Å². The molecule has 0 aliphatic carbocycles. The fourth-order valence-corrected chi connectivity index (χ4v) is 3.45. The van der Waals surface area contributed by atoms with E-state index in [9.17, 15) is 0 Å². The summed E-state index contributed by atoms with van der Waals surface area (Å²) in [7, 11) is 0. The van der Waals surface area contributed by atoms with Crippen LogP contribution in [0.2, 0.25) is 0 Å². The molecule has 25 heavy (non-hydrogen) atoms. The van der Waals surface area contributed by atoms with Gasteiger partial charge in [-0.15, -0.1) is 0 Å². The van der Waals surface area contributed by atoms with Gasteiger partial charge >= 0.3 is 0 Å². The van der Waals surface area contributed by atoms with E-state index in [1.807, 2.05) is 18.5 Å². The molecule has 1 aromatic heterocycles. The standard InChI is InChI=1S/C19H25N5O/c1-6-20-19(21-7-1)24-10-8-23(9-11-24)18-4-2-17(3-5-18)16-22-12-14-25-15-13-22/h1-7H,8-16H2. The van der Waals surface area contributed by atoms with E-state index >= 15 is 0 Å². The van der Waals surface area contributed by atoms with Crippen LogP contribution in [0.4, 0.5) is 11.6 Å². The van der Waals surface area contributed by atoms with Gasteiger partial charge < -0.3 is 14.5 Å². The highest BCUT2D eigenvalue weighted by Crippen LogP contribution is 2.19. The van der Waals surface area contributed by atoms with E-state index < -0.39 is 0 Å². The van der Waals surface area contributed by atoms with E-state index in [2.05, 4.69) is 48.9 Å². The average molecular weight is 339 g/mol. The Labute approximate surface area is 149 Å². The number of nitrogens with zero attached hydrogens (tertiary/aromatic N) is 5. The smallest absolute Gasteiger partial charge is 0.225 e. The monoisotopic (exact) mass is 339 g/mol. The van der Waals surface area contributed by atoms with Gasteiger partial charge in [-0.1, -0.05) is 12.1 Å². The molecule has 0 saturated carbocycles. The normalized spacial score (nSPS) is 19.2. The minimum atomic E-state index is 0.836. The van der Waals surface area contributed by atoms with Crippen molar-refractivity contribution in [2.45, 2.75) is 6.54 Å². The Morgan fingerprint density at radius 3 is 2.12 bits per heavy atom. The van der Waals surface area contributed by atoms with Crippen LogP contribution in [0.5, 0.6) is 0 Å². The third-order valence-corrected chi connectivity index (χ3v) is 4.93. The van der Waals surface area contributed by atoms with Crippen molar-refractivity contribution in [2.24, 2.45) is 0 Å². The van der Waals surface area contributed by atoms with Crippen LogP contribution < -0.4 is 9.80 Å². The van der Waals surface area contributed by atoms with Crippen molar-refractivity contribution in [2.75, 3.05) is 62.3 Å². The molecule has 6 heteroatoms. The van der Waals surface area contributed by atoms with Gasteiger partial charge in [0.25, 0.3) is 0 Å². The summed E-state index contributed by atoms with van der Waals surface area (Å²) in [4.78, 5) is 15.9. The lowest BCUT2D eigenvalue weighted by Crippen LogP contribution is -2.47. The molecule has 3 heterocycles. The molecule has 2 aliphatic heterocycles. The summed E-state index contributed by atoms with van der Waals surface area (Å²) in [6, 6.07) is 10.9. The van der Waals surface area contributed by atoms with Crippen molar-refractivity contribution in [3.63, 3.8) is 0 Å². The van der Waals surface area contributed by atoms with Crippen LogP contribution in [0.3, 0.4) is 0 Å². The third kappa shape index (κ3) is 4.08. The molecule has 2 fully saturated rings. The van der Waals surface area contributed by atoms with Gasteiger partial charge in [0.15, 0.2) is 0 Å². The molecule has 1 aromatic carbocycles. The molecule has 0 amide bonds. The van der Waals surface area contributed by atoms with Crippen molar-refractivity contribution < 1.29 is 4.74 Å². The maximum atomic E-state index is 5.42. The van der Waals surface area contributed by atoms with Crippen LogP contribution in [-0.4, -0.2) is 67.4 Å². The first-order valence-corrected chi connectivity index (χ1v) is 9.04. The molecule has 2 saturated heterocycles. The largest absolute Gasteiger partial charge is 0.379 e. The van der Waals surface area contributed by atoms with Crippen LogP contribution in [0, 0.1) is 0 Å². The lowest BCUT2D eigenvalue weighted by atomic mass is 10.1. The second-order valence-corrected chi connectivity index (χ2v) is 6.58. The predicted molar refractivity (Wildman–Crippen MR) is 99.0 cm³/mol. The molecule has 0 radical (unpaired) electrons. The third-order valence-electron chi connectivity index (χ3n) is 4.93. The number of aromatic nitrogens is 2. The number of morpholine rings is 1. The van der Waals surface area contributed by atoms with E-state index in [1.54, 1.807) is 0 Å². The van der Waals surface area contributed by atoms with Crippen LogP contribution in [-0.2, 0) is 11.3 Å². The topological polar surface area (TPSA) is 44.7 Å². The van der Waals surface area contributed by atoms with E-state index in [0.29, 0.717) is 0 Å². The molecule has 0 unspecified atom stereocenters. The van der Waals surface area contributed by atoms with Gasteiger partial charge in [-0.25, -0.2) is 9.97 Å². The second kappa shape index (κ2) is 7.80. The van der Waals surface area contributed by atoms with Gasteiger partial charge in [0.2, 0.25) is 5.95 Å². The summed E-state index contributed by atoms with van der Waals surface area (Å²) in [5.74, 6) is 0.836. The molecule has 2 aromatic rings. The molecule has 0 atom stereocenters. The lowest BCUT2D eigenvalue weighted by molar-refractivity contribution is 0.0342. The summed E-state index contributed by atoms with van der Waals surface area (Å²) < 4.78 is 5.42. The average Bonchev–Trinajstić information content (AvgIpc) is 2.70. The number of benzene rings is 1. The zero-order chi connectivity index (χ0) is 16.9. The lowest BCUT2D eigenvalue weighted by Gasteiger charge is -2.36. The van der Waals surface area contributed by atoms with Crippen molar-refractivity contribution in [1.82, 2.24) is 14.9 Å². The van der Waals surface area contributed by atoms with Crippen LogP contribution in [0.15, 0.2) is 42.7 Å².